The molecule has 2 heterocycles. The molecule has 1 fully saturated rings. The third-order valence-corrected chi connectivity index (χ3v) is 3.99. The molecule has 25 heavy (non-hydrogen) atoms. The molecule has 0 bridgehead atoms. The molecule has 1 saturated heterocycles. The summed E-state index contributed by atoms with van der Waals surface area (Å²) < 4.78 is 26.1. The zero-order valence-corrected chi connectivity index (χ0v) is 15.6. The smallest absolute Gasteiger partial charge is 0.248 e. The van der Waals surface area contributed by atoms with Crippen LogP contribution in [0.4, 0.5) is 10.2 Å². The lowest BCUT2D eigenvalue weighted by atomic mass is 10.1. The van der Waals surface area contributed by atoms with E-state index in [0.29, 0.717) is 25.2 Å². The third-order valence-electron chi connectivity index (χ3n) is 3.99. The van der Waals surface area contributed by atoms with Crippen molar-refractivity contribution in [3.63, 3.8) is 0 Å². The molecule has 2 rings (SSSR count). The van der Waals surface area contributed by atoms with Crippen LogP contribution < -0.4 is 4.90 Å². The Morgan fingerprint density at radius 3 is 2.84 bits per heavy atom. The lowest BCUT2D eigenvalue weighted by molar-refractivity contribution is -0.139. The number of amides is 1. The first-order valence-electron chi connectivity index (χ1n) is 8.43. The molecule has 0 unspecified atom stereocenters. The molecule has 7 nitrogen and oxygen atoms in total. The van der Waals surface area contributed by atoms with E-state index in [9.17, 15) is 9.18 Å². The van der Waals surface area contributed by atoms with E-state index >= 15 is 0 Å². The fraction of sp³-hybridized carbons (Fsp3) is 0.706. The first-order valence-corrected chi connectivity index (χ1v) is 8.43. The van der Waals surface area contributed by atoms with E-state index in [0.717, 1.165) is 0 Å². The molecule has 1 amide bonds. The number of morpholine rings is 1. The van der Waals surface area contributed by atoms with Crippen molar-refractivity contribution in [1.29, 1.82) is 0 Å². The van der Waals surface area contributed by atoms with Gasteiger partial charge in [-0.15, -0.1) is 0 Å². The van der Waals surface area contributed by atoms with Gasteiger partial charge in [-0.3, -0.25) is 4.79 Å². The van der Waals surface area contributed by atoms with Gasteiger partial charge >= 0.3 is 0 Å². The molecule has 1 aromatic heterocycles. The van der Waals surface area contributed by atoms with Crippen molar-refractivity contribution in [3.8, 4) is 0 Å². The number of rotatable bonds is 6. The lowest BCUT2D eigenvalue weighted by Gasteiger charge is -2.43. The van der Waals surface area contributed by atoms with Gasteiger partial charge in [0, 0.05) is 27.2 Å². The summed E-state index contributed by atoms with van der Waals surface area (Å²) >= 11 is 0. The molecule has 0 aromatic carbocycles. The molecule has 1 aliphatic heterocycles. The fourth-order valence-electron chi connectivity index (χ4n) is 2.81. The summed E-state index contributed by atoms with van der Waals surface area (Å²) in [4.78, 5) is 23.0. The molecular weight excluding hydrogens is 327 g/mol. The maximum Gasteiger partial charge on any atom is 0.248 e. The first kappa shape index (κ1) is 19.5. The Morgan fingerprint density at radius 1 is 1.48 bits per heavy atom. The van der Waals surface area contributed by atoms with Gasteiger partial charge in [-0.1, -0.05) is 6.92 Å². The maximum absolute atomic E-state index is 14.6. The predicted molar refractivity (Wildman–Crippen MR) is 92.0 cm³/mol. The molecule has 8 heteroatoms. The summed E-state index contributed by atoms with van der Waals surface area (Å²) in [6, 6.07) is 0. The Hall–Kier alpha value is -1.80. The summed E-state index contributed by atoms with van der Waals surface area (Å²) in [5, 5.41) is 0. The molecule has 0 saturated carbocycles. The highest BCUT2D eigenvalue weighted by atomic mass is 19.1. The summed E-state index contributed by atoms with van der Waals surface area (Å²) in [5.74, 6) is -0.205. The van der Waals surface area contributed by atoms with Crippen LogP contribution >= 0.6 is 0 Å². The van der Waals surface area contributed by atoms with Crippen molar-refractivity contribution >= 4 is 11.7 Å². The maximum atomic E-state index is 14.6. The topological polar surface area (TPSA) is 67.8 Å². The Morgan fingerprint density at radius 2 is 2.20 bits per heavy atom. The van der Waals surface area contributed by atoms with Crippen LogP contribution in [-0.2, 0) is 20.7 Å². The predicted octanol–water partition coefficient (Wildman–Crippen LogP) is 1.27. The van der Waals surface area contributed by atoms with Crippen LogP contribution in [0.1, 0.15) is 26.5 Å². The molecular formula is C17H27FN4O3. The van der Waals surface area contributed by atoms with Crippen LogP contribution in [-0.4, -0.2) is 72.9 Å². The average Bonchev–Trinajstić information content (AvgIpc) is 2.53. The van der Waals surface area contributed by atoms with Gasteiger partial charge in [0.15, 0.2) is 11.6 Å². The summed E-state index contributed by atoms with van der Waals surface area (Å²) in [6.45, 7) is 6.95. The minimum atomic E-state index is -0.485. The number of carbonyl (C=O) groups is 1. The number of likely N-dealkylation sites (N-methyl/N-ethyl adjacent to an activating group) is 1. The number of anilines is 1. The van der Waals surface area contributed by atoms with E-state index in [1.165, 1.54) is 11.2 Å². The van der Waals surface area contributed by atoms with Crippen LogP contribution in [0.3, 0.4) is 0 Å². The van der Waals surface area contributed by atoms with Gasteiger partial charge in [-0.05, 0) is 20.3 Å². The van der Waals surface area contributed by atoms with E-state index in [1.54, 1.807) is 14.1 Å². The number of aromatic nitrogens is 2. The normalized spacial score (nSPS) is 19.8. The average molecular weight is 354 g/mol. The van der Waals surface area contributed by atoms with Crippen molar-refractivity contribution in [3.05, 3.63) is 17.8 Å². The minimum absolute atomic E-state index is 0.00482. The second kappa shape index (κ2) is 8.05. The van der Waals surface area contributed by atoms with Gasteiger partial charge < -0.3 is 19.3 Å². The van der Waals surface area contributed by atoms with E-state index in [1.807, 2.05) is 25.7 Å². The van der Waals surface area contributed by atoms with E-state index < -0.39 is 5.60 Å². The standard InChI is InChI=1S/C17H27FN4O3/c1-6-13-15(18)16(20-11-19-13)22-7-12(25-17(2,3)10-22)8-24-9-14(23)21(4)5/h11-12H,6-10H2,1-5H3/t12-/m0/s1. The molecule has 1 aromatic rings. The van der Waals surface area contributed by atoms with E-state index in [-0.39, 0.29) is 36.9 Å². The molecule has 0 aliphatic carbocycles. The van der Waals surface area contributed by atoms with Crippen molar-refractivity contribution in [2.75, 3.05) is 45.3 Å². The van der Waals surface area contributed by atoms with Gasteiger partial charge in [0.1, 0.15) is 12.9 Å². The minimum Gasteiger partial charge on any atom is -0.369 e. The lowest BCUT2D eigenvalue weighted by Crippen LogP contribution is -2.54. The number of halogens is 1. The van der Waals surface area contributed by atoms with Gasteiger partial charge in [0.05, 0.1) is 24.0 Å². The van der Waals surface area contributed by atoms with E-state index in [4.69, 9.17) is 9.47 Å². The van der Waals surface area contributed by atoms with Gasteiger partial charge in [-0.25, -0.2) is 14.4 Å². The van der Waals surface area contributed by atoms with Crippen LogP contribution in [0.15, 0.2) is 6.33 Å². The summed E-state index contributed by atoms with van der Waals surface area (Å²) in [7, 11) is 3.35. The third kappa shape index (κ3) is 5.09. The molecule has 1 aliphatic rings. The molecule has 0 N–H and O–H groups in total. The number of ether oxygens (including phenoxy) is 2. The number of aryl methyl sites for hydroxylation is 1. The van der Waals surface area contributed by atoms with Crippen LogP contribution in [0, 0.1) is 5.82 Å². The Bertz CT molecular complexity index is 610. The van der Waals surface area contributed by atoms with Crippen molar-refractivity contribution in [1.82, 2.24) is 14.9 Å². The zero-order chi connectivity index (χ0) is 18.6. The number of nitrogens with zero attached hydrogens (tertiary/aromatic N) is 4. The second-order valence-electron chi connectivity index (χ2n) is 6.99. The number of hydrogen-bond donors (Lipinski definition) is 0. The van der Waals surface area contributed by atoms with Gasteiger partial charge in [0.25, 0.3) is 0 Å². The molecule has 1 atom stereocenters. The first-order chi connectivity index (χ1) is 11.7. The monoisotopic (exact) mass is 354 g/mol. The highest BCUT2D eigenvalue weighted by Gasteiger charge is 2.35. The van der Waals surface area contributed by atoms with Crippen LogP contribution in [0.2, 0.25) is 0 Å². The molecule has 0 radical (unpaired) electrons. The Labute approximate surface area is 148 Å². The quantitative estimate of drug-likeness (QED) is 0.766. The van der Waals surface area contributed by atoms with Crippen molar-refractivity contribution < 1.29 is 18.7 Å². The SMILES string of the molecule is CCc1ncnc(N2C[C@@H](COCC(=O)N(C)C)OC(C)(C)C2)c1F. The van der Waals surface area contributed by atoms with Crippen molar-refractivity contribution in [2.24, 2.45) is 0 Å². The van der Waals surface area contributed by atoms with Gasteiger partial charge in [-0.2, -0.15) is 0 Å². The van der Waals surface area contributed by atoms with E-state index in [2.05, 4.69) is 9.97 Å². The molecule has 0 spiro atoms. The molecule has 140 valence electrons. The second-order valence-corrected chi connectivity index (χ2v) is 6.99. The number of hydrogen-bond acceptors (Lipinski definition) is 6. The highest BCUT2D eigenvalue weighted by Crippen LogP contribution is 2.27. The van der Waals surface area contributed by atoms with Crippen LogP contribution in [0.25, 0.3) is 0 Å². The number of carbonyl (C=O) groups excluding carboxylic acids is 1. The highest BCUT2D eigenvalue weighted by molar-refractivity contribution is 5.76. The Balaban J connectivity index is 2.07. The van der Waals surface area contributed by atoms with Crippen LogP contribution in [0.5, 0.6) is 0 Å². The van der Waals surface area contributed by atoms with Crippen molar-refractivity contribution in [2.45, 2.75) is 38.9 Å². The fourth-order valence-corrected chi connectivity index (χ4v) is 2.81. The zero-order valence-electron chi connectivity index (χ0n) is 15.6. The summed E-state index contributed by atoms with van der Waals surface area (Å²) in [5.41, 5.74) is -0.0830. The summed E-state index contributed by atoms with van der Waals surface area (Å²) in [6.07, 6.45) is 1.62. The van der Waals surface area contributed by atoms with Gasteiger partial charge in [0.2, 0.25) is 5.91 Å². The largest absolute Gasteiger partial charge is 0.369 e. The Kier molecular flexibility index (Phi) is 6.29.